The minimum Gasteiger partial charge on any atom is -0.375 e. The van der Waals surface area contributed by atoms with Gasteiger partial charge in [-0.1, -0.05) is 13.3 Å². The van der Waals surface area contributed by atoms with Gasteiger partial charge in [0.15, 0.2) is 5.13 Å². The molecule has 0 aliphatic rings. The summed E-state index contributed by atoms with van der Waals surface area (Å²) in [5.41, 5.74) is 5.91. The monoisotopic (exact) mass is 201 g/mol. The van der Waals surface area contributed by atoms with E-state index in [1.807, 2.05) is 6.92 Å². The summed E-state index contributed by atoms with van der Waals surface area (Å²) in [4.78, 5) is 14.0. The van der Waals surface area contributed by atoms with Crippen LogP contribution in [0.5, 0.6) is 0 Å². The molecule has 72 valence electrons. The van der Waals surface area contributed by atoms with E-state index in [1.165, 1.54) is 0 Å². The van der Waals surface area contributed by atoms with E-state index in [4.69, 9.17) is 5.73 Å². The van der Waals surface area contributed by atoms with E-state index >= 15 is 0 Å². The number of nitrogen functional groups attached to an aromatic ring is 1. The fourth-order valence-electron chi connectivity index (χ4n) is 1.01. The molecule has 1 heterocycles. The maximum Gasteiger partial charge on any atom is 0.348 e. The van der Waals surface area contributed by atoms with E-state index in [0.29, 0.717) is 12.1 Å². The van der Waals surface area contributed by atoms with E-state index in [1.54, 1.807) is 0 Å². The Morgan fingerprint density at radius 3 is 2.92 bits per heavy atom. The summed E-state index contributed by atoms with van der Waals surface area (Å²) in [7, 11) is 0. The highest BCUT2D eigenvalue weighted by molar-refractivity contribution is 7.18. The summed E-state index contributed by atoms with van der Waals surface area (Å²) in [6.07, 6.45) is 2.54. The number of rotatable bonds is 4. The van der Waals surface area contributed by atoms with Gasteiger partial charge in [0, 0.05) is 0 Å². The standard InChI is InChI=1S/C7H11N3O2S/c1-2-3-4-5-6(10(11)12)13-7(8)9-5/h2-4H2,1H3,(H2,8,9). The second-order valence-electron chi connectivity index (χ2n) is 2.66. The van der Waals surface area contributed by atoms with Crippen molar-refractivity contribution in [2.45, 2.75) is 26.2 Å². The van der Waals surface area contributed by atoms with Crippen LogP contribution in [0.2, 0.25) is 0 Å². The number of unbranched alkanes of at least 4 members (excludes halogenated alkanes) is 1. The first-order valence-corrected chi connectivity index (χ1v) is 4.86. The third-order valence-corrected chi connectivity index (χ3v) is 2.50. The molecule has 13 heavy (non-hydrogen) atoms. The largest absolute Gasteiger partial charge is 0.375 e. The molecule has 0 aromatic carbocycles. The predicted molar refractivity (Wildman–Crippen MR) is 51.8 cm³/mol. The molecule has 0 aliphatic heterocycles. The quantitative estimate of drug-likeness (QED) is 0.596. The number of nitro groups is 1. The first-order chi connectivity index (χ1) is 6.15. The van der Waals surface area contributed by atoms with Crippen LogP contribution < -0.4 is 5.73 Å². The Morgan fingerprint density at radius 1 is 1.69 bits per heavy atom. The number of hydrogen-bond acceptors (Lipinski definition) is 5. The zero-order valence-electron chi connectivity index (χ0n) is 7.32. The summed E-state index contributed by atoms with van der Waals surface area (Å²) in [6.45, 7) is 2.03. The number of thiazole rings is 1. The number of nitrogens with two attached hydrogens (primary N) is 1. The van der Waals surface area contributed by atoms with Gasteiger partial charge in [-0.25, -0.2) is 4.98 Å². The third-order valence-electron chi connectivity index (χ3n) is 1.63. The molecule has 0 spiro atoms. The van der Waals surface area contributed by atoms with Crippen LogP contribution >= 0.6 is 11.3 Å². The van der Waals surface area contributed by atoms with Crippen LogP contribution in [0.4, 0.5) is 10.1 Å². The van der Waals surface area contributed by atoms with Crippen LogP contribution in [0.3, 0.4) is 0 Å². The lowest BCUT2D eigenvalue weighted by Gasteiger charge is -1.92. The molecule has 0 atom stereocenters. The van der Waals surface area contributed by atoms with Gasteiger partial charge in [-0.3, -0.25) is 10.1 Å². The molecule has 0 saturated carbocycles. The van der Waals surface area contributed by atoms with Gasteiger partial charge in [-0.05, 0) is 24.2 Å². The van der Waals surface area contributed by atoms with Crippen molar-refractivity contribution in [2.24, 2.45) is 0 Å². The maximum atomic E-state index is 10.5. The Morgan fingerprint density at radius 2 is 2.38 bits per heavy atom. The molecule has 0 amide bonds. The number of hydrogen-bond donors (Lipinski definition) is 1. The summed E-state index contributed by atoms with van der Waals surface area (Å²) in [6, 6.07) is 0. The Kier molecular flexibility index (Phi) is 3.18. The van der Waals surface area contributed by atoms with Crippen molar-refractivity contribution in [3.63, 3.8) is 0 Å². The summed E-state index contributed by atoms with van der Waals surface area (Å²) < 4.78 is 0. The van der Waals surface area contributed by atoms with Gasteiger partial charge in [0.2, 0.25) is 0 Å². The highest BCUT2D eigenvalue weighted by Gasteiger charge is 2.18. The fraction of sp³-hybridized carbons (Fsp3) is 0.571. The lowest BCUT2D eigenvalue weighted by Crippen LogP contribution is -1.92. The van der Waals surface area contributed by atoms with Gasteiger partial charge in [0.1, 0.15) is 5.69 Å². The second-order valence-corrected chi connectivity index (χ2v) is 3.67. The Labute approximate surface area is 79.7 Å². The molecule has 0 fully saturated rings. The predicted octanol–water partition coefficient (Wildman–Crippen LogP) is 1.98. The van der Waals surface area contributed by atoms with Gasteiger partial charge in [0.05, 0.1) is 4.92 Å². The molecule has 0 saturated heterocycles. The minimum atomic E-state index is -0.418. The number of aromatic nitrogens is 1. The van der Waals surface area contributed by atoms with Crippen LogP contribution in [0.25, 0.3) is 0 Å². The molecule has 0 aliphatic carbocycles. The summed E-state index contributed by atoms with van der Waals surface area (Å²) in [5, 5.41) is 10.9. The van der Waals surface area contributed by atoms with Crippen LogP contribution in [0.15, 0.2) is 0 Å². The molecule has 6 heteroatoms. The summed E-state index contributed by atoms with van der Waals surface area (Å²) in [5.74, 6) is 0. The maximum absolute atomic E-state index is 10.5. The second kappa shape index (κ2) is 4.18. The number of nitrogens with zero attached hydrogens (tertiary/aromatic N) is 2. The van der Waals surface area contributed by atoms with Crippen molar-refractivity contribution in [2.75, 3.05) is 5.73 Å². The van der Waals surface area contributed by atoms with Crippen LogP contribution in [0.1, 0.15) is 25.5 Å². The molecular formula is C7H11N3O2S. The highest BCUT2D eigenvalue weighted by Crippen LogP contribution is 2.29. The van der Waals surface area contributed by atoms with Crippen molar-refractivity contribution in [3.8, 4) is 0 Å². The molecular weight excluding hydrogens is 190 g/mol. The molecule has 0 unspecified atom stereocenters. The topological polar surface area (TPSA) is 82.0 Å². The lowest BCUT2D eigenvalue weighted by molar-refractivity contribution is -0.381. The normalized spacial score (nSPS) is 10.2. The molecule has 1 rings (SSSR count). The van der Waals surface area contributed by atoms with Gasteiger partial charge < -0.3 is 5.73 Å². The van der Waals surface area contributed by atoms with Gasteiger partial charge in [-0.2, -0.15) is 0 Å². The number of aryl methyl sites for hydroxylation is 1. The van der Waals surface area contributed by atoms with E-state index in [9.17, 15) is 10.1 Å². The van der Waals surface area contributed by atoms with Crippen LogP contribution in [-0.4, -0.2) is 9.91 Å². The van der Waals surface area contributed by atoms with Crippen LogP contribution in [0, 0.1) is 10.1 Å². The minimum absolute atomic E-state index is 0.0888. The fourth-order valence-corrected chi connectivity index (χ4v) is 1.71. The average Bonchev–Trinajstić information content (AvgIpc) is 2.43. The summed E-state index contributed by atoms with van der Waals surface area (Å²) >= 11 is 0.940. The van der Waals surface area contributed by atoms with E-state index in [2.05, 4.69) is 4.98 Å². The Balaban J connectivity index is 2.84. The first-order valence-electron chi connectivity index (χ1n) is 4.04. The Bertz CT molecular complexity index is 311. The average molecular weight is 201 g/mol. The molecule has 5 nitrogen and oxygen atoms in total. The van der Waals surface area contributed by atoms with Gasteiger partial charge >= 0.3 is 5.00 Å². The van der Waals surface area contributed by atoms with E-state index in [-0.39, 0.29) is 10.1 Å². The first kappa shape index (κ1) is 9.91. The third kappa shape index (κ3) is 2.38. The molecule has 0 bridgehead atoms. The van der Waals surface area contributed by atoms with Crippen molar-refractivity contribution in [1.82, 2.24) is 4.98 Å². The smallest absolute Gasteiger partial charge is 0.348 e. The molecule has 1 aromatic heterocycles. The SMILES string of the molecule is CCCCc1nc(N)sc1[N+](=O)[O-]. The van der Waals surface area contributed by atoms with Gasteiger partial charge in [0.25, 0.3) is 0 Å². The van der Waals surface area contributed by atoms with Crippen LogP contribution in [-0.2, 0) is 6.42 Å². The van der Waals surface area contributed by atoms with E-state index < -0.39 is 4.92 Å². The molecule has 1 aromatic rings. The van der Waals surface area contributed by atoms with E-state index in [0.717, 1.165) is 24.2 Å². The number of anilines is 1. The van der Waals surface area contributed by atoms with Crippen molar-refractivity contribution < 1.29 is 4.92 Å². The molecule has 2 N–H and O–H groups in total. The molecule has 0 radical (unpaired) electrons. The van der Waals surface area contributed by atoms with Gasteiger partial charge in [-0.15, -0.1) is 0 Å². The zero-order chi connectivity index (χ0) is 9.84. The Hall–Kier alpha value is -1.17. The zero-order valence-corrected chi connectivity index (χ0v) is 8.13. The lowest BCUT2D eigenvalue weighted by atomic mass is 10.2. The van der Waals surface area contributed by atoms with Crippen molar-refractivity contribution >= 4 is 21.5 Å². The van der Waals surface area contributed by atoms with Crippen molar-refractivity contribution in [1.29, 1.82) is 0 Å². The highest BCUT2D eigenvalue weighted by atomic mass is 32.1. The van der Waals surface area contributed by atoms with Crippen molar-refractivity contribution in [3.05, 3.63) is 15.8 Å².